The van der Waals surface area contributed by atoms with Crippen LogP contribution in [0.2, 0.25) is 0 Å². The number of anilines is 1. The summed E-state index contributed by atoms with van der Waals surface area (Å²) in [4.78, 5) is 31.2. The number of carbonyl (C=O) groups excluding carboxylic acids is 1. The summed E-state index contributed by atoms with van der Waals surface area (Å²) >= 11 is 0. The number of carbonyl (C=O) groups is 1. The summed E-state index contributed by atoms with van der Waals surface area (Å²) < 4.78 is 40.6. The van der Waals surface area contributed by atoms with Crippen LogP contribution in [-0.2, 0) is 11.3 Å². The minimum Gasteiger partial charge on any atom is -0.299 e. The number of H-pyrrole nitrogens is 1. The van der Waals surface area contributed by atoms with Gasteiger partial charge in [-0.25, -0.2) is 4.98 Å². The Morgan fingerprint density at radius 1 is 1.25 bits per heavy atom. The normalized spacial score (nSPS) is 14.2. The predicted molar refractivity (Wildman–Crippen MR) is 113 cm³/mol. The van der Waals surface area contributed by atoms with Crippen molar-refractivity contribution >= 4 is 33.5 Å². The van der Waals surface area contributed by atoms with E-state index in [0.29, 0.717) is 32.4 Å². The molecule has 1 fully saturated rings. The fourth-order valence-corrected chi connectivity index (χ4v) is 3.98. The molecule has 32 heavy (non-hydrogen) atoms. The summed E-state index contributed by atoms with van der Waals surface area (Å²) in [7, 11) is 1.64. The highest BCUT2D eigenvalue weighted by molar-refractivity contribution is 6.05. The highest BCUT2D eigenvalue weighted by Crippen LogP contribution is 2.36. The number of amides is 1. The summed E-state index contributed by atoms with van der Waals surface area (Å²) in [5.74, 6) is 0.354. The van der Waals surface area contributed by atoms with Crippen LogP contribution in [0.15, 0.2) is 47.5 Å². The van der Waals surface area contributed by atoms with Gasteiger partial charge in [0.2, 0.25) is 5.91 Å². The van der Waals surface area contributed by atoms with Gasteiger partial charge >= 0.3 is 6.18 Å². The third-order valence-corrected chi connectivity index (χ3v) is 5.68. The molecule has 3 aromatic heterocycles. The minimum absolute atomic E-state index is 0.0166. The van der Waals surface area contributed by atoms with Crippen molar-refractivity contribution in [2.45, 2.75) is 25.6 Å². The van der Waals surface area contributed by atoms with Crippen LogP contribution in [0.3, 0.4) is 0 Å². The number of benzene rings is 1. The van der Waals surface area contributed by atoms with Crippen LogP contribution >= 0.6 is 0 Å². The second-order valence-corrected chi connectivity index (χ2v) is 7.94. The SMILES string of the molecule is CN(C(=O)C1CC1)c1ncccc1-c1ccc2c3[nH]ncc3c(=O)n(CC(F)(F)F)c2c1. The molecule has 1 aromatic carbocycles. The lowest BCUT2D eigenvalue weighted by Crippen LogP contribution is -2.29. The molecule has 164 valence electrons. The van der Waals surface area contributed by atoms with Crippen LogP contribution in [0.4, 0.5) is 19.0 Å². The first-order valence-electron chi connectivity index (χ1n) is 10.0. The molecule has 0 bridgehead atoms. The van der Waals surface area contributed by atoms with Crippen molar-refractivity contribution in [2.75, 3.05) is 11.9 Å². The van der Waals surface area contributed by atoms with Gasteiger partial charge in [0, 0.05) is 30.1 Å². The number of alkyl halides is 3. The van der Waals surface area contributed by atoms with Gasteiger partial charge in [-0.05, 0) is 36.6 Å². The Hall–Kier alpha value is -3.69. The van der Waals surface area contributed by atoms with Crippen molar-refractivity contribution in [1.29, 1.82) is 0 Å². The molecule has 10 heteroatoms. The maximum atomic E-state index is 13.3. The van der Waals surface area contributed by atoms with Crippen LogP contribution in [0.25, 0.3) is 32.9 Å². The Morgan fingerprint density at radius 2 is 2.03 bits per heavy atom. The molecule has 7 nitrogen and oxygen atoms in total. The largest absolute Gasteiger partial charge is 0.406 e. The Morgan fingerprint density at radius 3 is 2.75 bits per heavy atom. The van der Waals surface area contributed by atoms with Crippen LogP contribution in [-0.4, -0.2) is 38.9 Å². The maximum absolute atomic E-state index is 13.3. The number of aromatic amines is 1. The number of rotatable bonds is 4. The zero-order valence-electron chi connectivity index (χ0n) is 17.0. The van der Waals surface area contributed by atoms with Gasteiger partial charge < -0.3 is 0 Å². The summed E-state index contributed by atoms with van der Waals surface area (Å²) in [6.45, 7) is -1.42. The van der Waals surface area contributed by atoms with E-state index in [4.69, 9.17) is 0 Å². The number of fused-ring (bicyclic) bond motifs is 3. The Kier molecular flexibility index (Phi) is 4.54. The molecule has 0 radical (unpaired) electrons. The molecule has 0 saturated heterocycles. The molecular formula is C22H18F3N5O2. The number of hydrogen-bond donors (Lipinski definition) is 1. The number of nitrogens with zero attached hydrogens (tertiary/aromatic N) is 4. The van der Waals surface area contributed by atoms with E-state index in [1.54, 1.807) is 37.5 Å². The van der Waals surface area contributed by atoms with Gasteiger partial charge in [0.25, 0.3) is 5.56 Å². The van der Waals surface area contributed by atoms with Crippen molar-refractivity contribution in [3.63, 3.8) is 0 Å². The highest BCUT2D eigenvalue weighted by atomic mass is 19.4. The number of nitrogens with one attached hydrogen (secondary N) is 1. The van der Waals surface area contributed by atoms with Crippen molar-refractivity contribution in [3.05, 3.63) is 53.1 Å². The zero-order valence-corrected chi connectivity index (χ0v) is 17.0. The van der Waals surface area contributed by atoms with E-state index in [0.717, 1.165) is 12.8 Å². The molecule has 1 saturated carbocycles. The second-order valence-electron chi connectivity index (χ2n) is 7.94. The van der Waals surface area contributed by atoms with Crippen molar-refractivity contribution in [1.82, 2.24) is 19.7 Å². The van der Waals surface area contributed by atoms with Gasteiger partial charge in [0.15, 0.2) is 0 Å². The Labute approximate surface area is 179 Å². The second kappa shape index (κ2) is 7.18. The molecule has 0 spiro atoms. The van der Waals surface area contributed by atoms with Crippen molar-refractivity contribution in [3.8, 4) is 11.1 Å². The molecule has 1 amide bonds. The maximum Gasteiger partial charge on any atom is 0.406 e. The average molecular weight is 441 g/mol. The predicted octanol–water partition coefficient (Wildman–Crippen LogP) is 3.87. The van der Waals surface area contributed by atoms with E-state index in [1.807, 2.05) is 0 Å². The fraction of sp³-hybridized carbons (Fsp3) is 0.273. The summed E-state index contributed by atoms with van der Waals surface area (Å²) in [5, 5.41) is 7.07. The molecule has 1 aliphatic carbocycles. The molecule has 3 heterocycles. The molecule has 1 N–H and O–H groups in total. The molecule has 0 unspecified atom stereocenters. The van der Waals surface area contributed by atoms with Gasteiger partial charge in [-0.1, -0.05) is 12.1 Å². The molecule has 4 aromatic rings. The number of pyridine rings is 2. The first-order valence-corrected chi connectivity index (χ1v) is 10.0. The van der Waals surface area contributed by atoms with Crippen LogP contribution in [0, 0.1) is 5.92 Å². The summed E-state index contributed by atoms with van der Waals surface area (Å²) in [6, 6.07) is 8.36. The topological polar surface area (TPSA) is 83.9 Å². The van der Waals surface area contributed by atoms with Gasteiger partial charge in [-0.15, -0.1) is 0 Å². The van der Waals surface area contributed by atoms with E-state index in [9.17, 15) is 22.8 Å². The van der Waals surface area contributed by atoms with E-state index in [1.165, 1.54) is 17.2 Å². The molecular weight excluding hydrogens is 423 g/mol. The third kappa shape index (κ3) is 3.41. The number of hydrogen-bond acceptors (Lipinski definition) is 4. The van der Waals surface area contributed by atoms with Crippen LogP contribution in [0.5, 0.6) is 0 Å². The van der Waals surface area contributed by atoms with Crippen molar-refractivity contribution < 1.29 is 18.0 Å². The quantitative estimate of drug-likeness (QED) is 0.521. The third-order valence-electron chi connectivity index (χ3n) is 5.68. The van der Waals surface area contributed by atoms with Gasteiger partial charge in [0.1, 0.15) is 12.4 Å². The van der Waals surface area contributed by atoms with Gasteiger partial charge in [0.05, 0.1) is 22.6 Å². The van der Waals surface area contributed by atoms with Crippen LogP contribution in [0.1, 0.15) is 12.8 Å². The zero-order chi connectivity index (χ0) is 22.6. The fourth-order valence-electron chi connectivity index (χ4n) is 3.98. The van der Waals surface area contributed by atoms with E-state index >= 15 is 0 Å². The van der Waals surface area contributed by atoms with E-state index < -0.39 is 18.3 Å². The first kappa shape index (κ1) is 20.2. The highest BCUT2D eigenvalue weighted by Gasteiger charge is 2.34. The van der Waals surface area contributed by atoms with Crippen molar-refractivity contribution in [2.24, 2.45) is 5.92 Å². The standard InChI is InChI=1S/C22H18F3N5O2/c1-29(20(31)12-4-5-12)19-14(3-2-8-26-19)13-6-7-15-17(9-13)30(11-22(23,24)25)21(32)16-10-27-28-18(15)16/h2-3,6-10,12H,4-5,11H2,1H3,(H,27,28). The lowest BCUT2D eigenvalue weighted by Gasteiger charge is -2.20. The number of aromatic nitrogens is 4. The molecule has 5 rings (SSSR count). The first-order chi connectivity index (χ1) is 15.2. The average Bonchev–Trinajstić information content (AvgIpc) is 3.50. The summed E-state index contributed by atoms with van der Waals surface area (Å²) in [6.07, 6.45) is -0.114. The van der Waals surface area contributed by atoms with Gasteiger partial charge in [-0.3, -0.25) is 24.2 Å². The Balaban J connectivity index is 1.72. The molecule has 0 aliphatic heterocycles. The smallest absolute Gasteiger partial charge is 0.299 e. The summed E-state index contributed by atoms with van der Waals surface area (Å²) in [5.41, 5.74) is 0.852. The Bertz CT molecular complexity index is 1420. The van der Waals surface area contributed by atoms with Crippen LogP contribution < -0.4 is 10.5 Å². The van der Waals surface area contributed by atoms with Gasteiger partial charge in [-0.2, -0.15) is 18.3 Å². The lowest BCUT2D eigenvalue weighted by molar-refractivity contribution is -0.140. The molecule has 0 atom stereocenters. The molecule has 1 aliphatic rings. The van der Waals surface area contributed by atoms with E-state index in [-0.39, 0.29) is 22.7 Å². The lowest BCUT2D eigenvalue weighted by atomic mass is 10.0. The number of halogens is 3. The monoisotopic (exact) mass is 441 g/mol. The van der Waals surface area contributed by atoms with E-state index in [2.05, 4.69) is 15.2 Å². The minimum atomic E-state index is -4.58.